The molecule has 0 spiro atoms. The van der Waals surface area contributed by atoms with E-state index in [0.29, 0.717) is 0 Å². The number of pyridine rings is 2. The first-order valence-electron chi connectivity index (χ1n) is 14.9. The van der Waals surface area contributed by atoms with E-state index in [0.717, 1.165) is 58.0 Å². The fourth-order valence-corrected chi connectivity index (χ4v) is 5.98. The van der Waals surface area contributed by atoms with Crippen molar-refractivity contribution in [1.29, 1.82) is 0 Å². The van der Waals surface area contributed by atoms with Gasteiger partial charge in [-0.1, -0.05) is 71.8 Å². The molecule has 0 atom stereocenters. The highest BCUT2D eigenvalue weighted by Gasteiger charge is 2.21. The van der Waals surface area contributed by atoms with Crippen LogP contribution in [0.1, 0.15) is 33.4 Å². The molecule has 0 amide bonds. The number of rotatable bonds is 9. The predicted molar refractivity (Wildman–Crippen MR) is 179 cm³/mol. The lowest BCUT2D eigenvalue weighted by Gasteiger charge is -2.22. The second-order valence-corrected chi connectivity index (χ2v) is 11.2. The average Bonchev–Trinajstić information content (AvgIpc) is 3.06. The molecule has 0 N–H and O–H groups in total. The number of aromatic nitrogens is 2. The molecule has 2 heterocycles. The number of ether oxygens (including phenoxy) is 2. The highest BCUT2D eigenvalue weighted by Crippen LogP contribution is 2.43. The number of aryl methyl sites for hydroxylation is 2. The molecule has 2 aromatic heterocycles. The van der Waals surface area contributed by atoms with Gasteiger partial charge in [0.2, 0.25) is 0 Å². The maximum atomic E-state index is 5.42. The molecule has 0 radical (unpaired) electrons. The van der Waals surface area contributed by atoms with Crippen LogP contribution in [-0.2, 0) is 12.8 Å². The van der Waals surface area contributed by atoms with E-state index >= 15 is 0 Å². The van der Waals surface area contributed by atoms with Crippen molar-refractivity contribution < 1.29 is 9.47 Å². The van der Waals surface area contributed by atoms with Gasteiger partial charge in [0.15, 0.2) is 0 Å². The standard InChI is InChI=1S/C40H36N2O2/c1-27-21-31(25-29-11-15-33(43-3)16-12-29)39(37-9-5-7-19-41-37)35(23-27)36-24-28(2)22-32(40(36)38-10-6-8-20-42-38)26-30-13-17-34(44-4)18-14-30/h5-24H,25-26H2,1-4H3. The molecule has 0 fully saturated rings. The van der Waals surface area contributed by atoms with Crippen molar-refractivity contribution in [3.05, 3.63) is 155 Å². The zero-order valence-corrected chi connectivity index (χ0v) is 25.7. The maximum Gasteiger partial charge on any atom is 0.118 e. The van der Waals surface area contributed by atoms with Gasteiger partial charge in [0.25, 0.3) is 0 Å². The predicted octanol–water partition coefficient (Wildman–Crippen LogP) is 9.29. The third-order valence-corrected chi connectivity index (χ3v) is 7.97. The van der Waals surface area contributed by atoms with Gasteiger partial charge in [-0.2, -0.15) is 0 Å². The normalized spacial score (nSPS) is 10.9. The van der Waals surface area contributed by atoms with E-state index in [4.69, 9.17) is 19.4 Å². The van der Waals surface area contributed by atoms with Gasteiger partial charge in [-0.05, 0) is 109 Å². The average molecular weight is 577 g/mol. The second-order valence-electron chi connectivity index (χ2n) is 11.2. The van der Waals surface area contributed by atoms with Gasteiger partial charge >= 0.3 is 0 Å². The summed E-state index contributed by atoms with van der Waals surface area (Å²) in [6, 6.07) is 38.2. The van der Waals surface area contributed by atoms with Crippen molar-refractivity contribution in [3.8, 4) is 45.1 Å². The van der Waals surface area contributed by atoms with Crippen molar-refractivity contribution in [2.45, 2.75) is 26.7 Å². The van der Waals surface area contributed by atoms with E-state index in [1.807, 2.05) is 48.8 Å². The summed E-state index contributed by atoms with van der Waals surface area (Å²) >= 11 is 0. The molecule has 6 rings (SSSR count). The molecule has 0 saturated carbocycles. The van der Waals surface area contributed by atoms with Crippen LogP contribution in [0.15, 0.2) is 122 Å². The molecular formula is C40H36N2O2. The highest BCUT2D eigenvalue weighted by molar-refractivity contribution is 5.93. The van der Waals surface area contributed by atoms with Crippen LogP contribution in [0.5, 0.6) is 11.5 Å². The summed E-state index contributed by atoms with van der Waals surface area (Å²) in [5.74, 6) is 1.71. The van der Waals surface area contributed by atoms with Crippen LogP contribution < -0.4 is 9.47 Å². The highest BCUT2D eigenvalue weighted by atomic mass is 16.5. The summed E-state index contributed by atoms with van der Waals surface area (Å²) in [5.41, 5.74) is 13.8. The van der Waals surface area contributed by atoms with E-state index in [9.17, 15) is 0 Å². The van der Waals surface area contributed by atoms with Gasteiger partial charge in [-0.3, -0.25) is 9.97 Å². The Hall–Kier alpha value is -5.22. The molecular weight excluding hydrogens is 540 g/mol. The van der Waals surface area contributed by atoms with Crippen LogP contribution >= 0.6 is 0 Å². The summed E-state index contributed by atoms with van der Waals surface area (Å²) < 4.78 is 10.8. The summed E-state index contributed by atoms with van der Waals surface area (Å²) in [6.45, 7) is 4.36. The molecule has 0 aliphatic carbocycles. The minimum absolute atomic E-state index is 0.772. The monoisotopic (exact) mass is 576 g/mol. The lowest BCUT2D eigenvalue weighted by Crippen LogP contribution is -2.02. The van der Waals surface area contributed by atoms with Crippen LogP contribution in [0.4, 0.5) is 0 Å². The minimum Gasteiger partial charge on any atom is -0.497 e. The first-order valence-corrected chi connectivity index (χ1v) is 14.9. The fourth-order valence-electron chi connectivity index (χ4n) is 5.98. The van der Waals surface area contributed by atoms with Crippen molar-refractivity contribution in [2.24, 2.45) is 0 Å². The Labute approximate surface area is 260 Å². The fraction of sp³-hybridized carbons (Fsp3) is 0.150. The molecule has 218 valence electrons. The Balaban J connectivity index is 1.59. The van der Waals surface area contributed by atoms with E-state index in [1.165, 1.54) is 33.4 Å². The molecule has 6 aromatic rings. The smallest absolute Gasteiger partial charge is 0.118 e. The molecule has 4 nitrogen and oxygen atoms in total. The topological polar surface area (TPSA) is 44.2 Å². The molecule has 0 saturated heterocycles. The van der Waals surface area contributed by atoms with Gasteiger partial charge in [0, 0.05) is 23.5 Å². The lowest BCUT2D eigenvalue weighted by atomic mass is 9.83. The second kappa shape index (κ2) is 13.0. The number of benzene rings is 4. The van der Waals surface area contributed by atoms with E-state index < -0.39 is 0 Å². The first kappa shape index (κ1) is 28.9. The zero-order valence-electron chi connectivity index (χ0n) is 25.7. The third kappa shape index (κ3) is 6.25. The Morgan fingerprint density at radius 2 is 0.909 bits per heavy atom. The van der Waals surface area contributed by atoms with Crippen molar-refractivity contribution in [3.63, 3.8) is 0 Å². The van der Waals surface area contributed by atoms with Crippen LogP contribution in [0.25, 0.3) is 33.6 Å². The SMILES string of the molecule is COc1ccc(Cc2cc(C)cc(-c3cc(C)cc(Cc4ccc(OC)cc4)c3-c3ccccn3)c2-c2ccccn2)cc1. The summed E-state index contributed by atoms with van der Waals surface area (Å²) in [4.78, 5) is 9.76. The lowest BCUT2D eigenvalue weighted by molar-refractivity contribution is 0.414. The van der Waals surface area contributed by atoms with Crippen LogP contribution in [0, 0.1) is 13.8 Å². The Morgan fingerprint density at radius 1 is 0.500 bits per heavy atom. The van der Waals surface area contributed by atoms with Crippen LogP contribution in [0.2, 0.25) is 0 Å². The largest absolute Gasteiger partial charge is 0.497 e. The number of hydrogen-bond acceptors (Lipinski definition) is 4. The third-order valence-electron chi connectivity index (χ3n) is 7.97. The molecule has 4 heteroatoms. The van der Waals surface area contributed by atoms with Crippen molar-refractivity contribution in [2.75, 3.05) is 14.2 Å². The molecule has 0 unspecified atom stereocenters. The summed E-state index contributed by atoms with van der Waals surface area (Å²) in [7, 11) is 3.40. The molecule has 44 heavy (non-hydrogen) atoms. The van der Waals surface area contributed by atoms with E-state index in [1.54, 1.807) is 14.2 Å². The Bertz CT molecular complexity index is 1720. The maximum absolute atomic E-state index is 5.42. The number of hydrogen-bond donors (Lipinski definition) is 0. The van der Waals surface area contributed by atoms with E-state index in [2.05, 4.69) is 86.6 Å². The van der Waals surface area contributed by atoms with Gasteiger partial charge in [-0.25, -0.2) is 0 Å². The number of nitrogens with zero attached hydrogens (tertiary/aromatic N) is 2. The molecule has 4 aromatic carbocycles. The van der Waals surface area contributed by atoms with Crippen molar-refractivity contribution >= 4 is 0 Å². The quantitative estimate of drug-likeness (QED) is 0.172. The minimum atomic E-state index is 0.772. The molecule has 0 bridgehead atoms. The first-order chi connectivity index (χ1) is 21.5. The summed E-state index contributed by atoms with van der Waals surface area (Å²) in [6.07, 6.45) is 5.30. The van der Waals surface area contributed by atoms with Gasteiger partial charge < -0.3 is 9.47 Å². The van der Waals surface area contributed by atoms with Gasteiger partial charge in [-0.15, -0.1) is 0 Å². The van der Waals surface area contributed by atoms with Crippen molar-refractivity contribution in [1.82, 2.24) is 9.97 Å². The van der Waals surface area contributed by atoms with Gasteiger partial charge in [0.05, 0.1) is 25.6 Å². The van der Waals surface area contributed by atoms with Crippen LogP contribution in [-0.4, -0.2) is 24.2 Å². The molecule has 0 aliphatic heterocycles. The number of methoxy groups -OCH3 is 2. The molecule has 0 aliphatic rings. The summed E-state index contributed by atoms with van der Waals surface area (Å²) in [5, 5.41) is 0. The van der Waals surface area contributed by atoms with Crippen LogP contribution in [0.3, 0.4) is 0 Å². The zero-order chi connectivity index (χ0) is 30.5. The Kier molecular flexibility index (Phi) is 8.51. The van der Waals surface area contributed by atoms with Gasteiger partial charge in [0.1, 0.15) is 11.5 Å². The Morgan fingerprint density at radius 3 is 1.25 bits per heavy atom. The van der Waals surface area contributed by atoms with E-state index in [-0.39, 0.29) is 0 Å².